The van der Waals surface area contributed by atoms with Crippen LogP contribution in [-0.4, -0.2) is 10.1 Å². The highest BCUT2D eigenvalue weighted by Gasteiger charge is 2.15. The first-order valence-electron chi connectivity index (χ1n) is 7.96. The first-order chi connectivity index (χ1) is 11.8. The lowest BCUT2D eigenvalue weighted by Gasteiger charge is -2.19. The number of hydrogen-bond donors (Lipinski definition) is 1. The molecular weight excluding hydrogens is 357 g/mol. The second-order valence-electron chi connectivity index (χ2n) is 6.79. The molecule has 0 saturated heterocycles. The summed E-state index contributed by atoms with van der Waals surface area (Å²) in [6, 6.07) is 13.6. The Labute approximate surface area is 157 Å². The maximum absolute atomic E-state index is 6.18. The number of benzene rings is 2. The summed E-state index contributed by atoms with van der Waals surface area (Å²) in [5.74, 6) is 0.848. The Bertz CT molecular complexity index is 847. The summed E-state index contributed by atoms with van der Waals surface area (Å²) in [6.07, 6.45) is 0. The lowest BCUT2D eigenvalue weighted by atomic mass is 9.87. The van der Waals surface area contributed by atoms with E-state index in [4.69, 9.17) is 27.7 Å². The highest BCUT2D eigenvalue weighted by atomic mass is 35.5. The summed E-state index contributed by atoms with van der Waals surface area (Å²) in [6.45, 7) is 6.99. The Kier molecular flexibility index (Phi) is 5.02. The predicted molar refractivity (Wildman–Crippen MR) is 102 cm³/mol. The molecule has 0 aliphatic carbocycles. The molecule has 3 rings (SSSR count). The van der Waals surface area contributed by atoms with Gasteiger partial charge in [0.1, 0.15) is 0 Å². The molecule has 6 heteroatoms. The summed E-state index contributed by atoms with van der Waals surface area (Å²) >= 11 is 12.4. The van der Waals surface area contributed by atoms with Gasteiger partial charge in [0.2, 0.25) is 11.7 Å². The van der Waals surface area contributed by atoms with Crippen LogP contribution in [0.2, 0.25) is 10.0 Å². The number of anilines is 1. The standard InChI is InChI=1S/C19H19Cl2N3O/c1-19(2,3)12-7-9-13(10-8-12)22-11-16-23-18(24-25-16)17-14(20)5-4-6-15(17)21/h4-10,22H,11H2,1-3H3. The largest absolute Gasteiger partial charge is 0.376 e. The van der Waals surface area contributed by atoms with E-state index >= 15 is 0 Å². The molecular formula is C19H19Cl2N3O. The zero-order chi connectivity index (χ0) is 18.0. The second kappa shape index (κ2) is 7.06. The number of nitrogens with one attached hydrogen (secondary N) is 1. The first-order valence-corrected chi connectivity index (χ1v) is 8.71. The average molecular weight is 376 g/mol. The third-order valence-corrected chi connectivity index (χ3v) is 4.48. The van der Waals surface area contributed by atoms with Crippen molar-refractivity contribution in [3.63, 3.8) is 0 Å². The fourth-order valence-corrected chi connectivity index (χ4v) is 2.97. The molecule has 0 amide bonds. The Hall–Kier alpha value is -2.04. The molecule has 0 unspecified atom stereocenters. The number of halogens is 2. The Balaban J connectivity index is 1.70. The topological polar surface area (TPSA) is 51.0 Å². The quantitative estimate of drug-likeness (QED) is 0.611. The predicted octanol–water partition coefficient (Wildman–Crippen LogP) is 5.95. The van der Waals surface area contributed by atoms with Crippen LogP contribution in [0.25, 0.3) is 11.4 Å². The number of rotatable bonds is 4. The molecule has 0 bridgehead atoms. The van der Waals surface area contributed by atoms with Crippen molar-refractivity contribution in [1.82, 2.24) is 10.1 Å². The van der Waals surface area contributed by atoms with Crippen LogP contribution in [0.1, 0.15) is 32.2 Å². The third kappa shape index (κ3) is 4.14. The van der Waals surface area contributed by atoms with Gasteiger partial charge in [-0.1, -0.05) is 67.3 Å². The van der Waals surface area contributed by atoms with E-state index < -0.39 is 0 Å². The minimum absolute atomic E-state index is 0.133. The van der Waals surface area contributed by atoms with Crippen molar-refractivity contribution in [2.24, 2.45) is 0 Å². The molecule has 25 heavy (non-hydrogen) atoms. The van der Waals surface area contributed by atoms with Crippen LogP contribution in [0.3, 0.4) is 0 Å². The first kappa shape index (κ1) is 17.8. The molecule has 0 fully saturated rings. The zero-order valence-electron chi connectivity index (χ0n) is 14.3. The molecule has 0 aliphatic rings. The molecule has 0 atom stereocenters. The summed E-state index contributed by atoms with van der Waals surface area (Å²) in [5.41, 5.74) is 2.99. The fourth-order valence-electron chi connectivity index (χ4n) is 2.41. The molecule has 0 saturated carbocycles. The molecule has 0 radical (unpaired) electrons. The molecule has 0 spiro atoms. The van der Waals surface area contributed by atoms with Crippen LogP contribution < -0.4 is 5.32 Å². The average Bonchev–Trinajstić information content (AvgIpc) is 3.01. The van der Waals surface area contributed by atoms with Crippen LogP contribution in [0.5, 0.6) is 0 Å². The van der Waals surface area contributed by atoms with Crippen molar-refractivity contribution >= 4 is 28.9 Å². The van der Waals surface area contributed by atoms with Crippen molar-refractivity contribution in [2.45, 2.75) is 32.7 Å². The highest BCUT2D eigenvalue weighted by Crippen LogP contribution is 2.32. The summed E-state index contributed by atoms with van der Waals surface area (Å²) in [4.78, 5) is 4.36. The number of hydrogen-bond acceptors (Lipinski definition) is 4. The molecule has 0 aliphatic heterocycles. The van der Waals surface area contributed by atoms with Gasteiger partial charge in [0.15, 0.2) is 0 Å². The molecule has 3 aromatic rings. The number of aromatic nitrogens is 2. The maximum atomic E-state index is 6.18. The van der Waals surface area contributed by atoms with E-state index in [0.717, 1.165) is 5.69 Å². The van der Waals surface area contributed by atoms with Crippen molar-refractivity contribution in [3.8, 4) is 11.4 Å². The molecule has 1 aromatic heterocycles. The van der Waals surface area contributed by atoms with Gasteiger partial charge in [-0.3, -0.25) is 0 Å². The fraction of sp³-hybridized carbons (Fsp3) is 0.263. The Morgan fingerprint density at radius 3 is 2.24 bits per heavy atom. The van der Waals surface area contributed by atoms with Crippen LogP contribution in [-0.2, 0) is 12.0 Å². The Morgan fingerprint density at radius 2 is 1.64 bits per heavy atom. The van der Waals surface area contributed by atoms with E-state index in [9.17, 15) is 0 Å². The highest BCUT2D eigenvalue weighted by molar-refractivity contribution is 6.38. The molecule has 4 nitrogen and oxygen atoms in total. The van der Waals surface area contributed by atoms with Gasteiger partial charge < -0.3 is 9.84 Å². The van der Waals surface area contributed by atoms with Crippen LogP contribution in [0.4, 0.5) is 5.69 Å². The monoisotopic (exact) mass is 375 g/mol. The summed E-state index contributed by atoms with van der Waals surface area (Å²) in [5, 5.41) is 8.23. The van der Waals surface area contributed by atoms with Gasteiger partial charge >= 0.3 is 0 Å². The van der Waals surface area contributed by atoms with E-state index in [0.29, 0.717) is 33.9 Å². The van der Waals surface area contributed by atoms with Crippen molar-refractivity contribution in [3.05, 3.63) is 64.0 Å². The second-order valence-corrected chi connectivity index (χ2v) is 7.60. The zero-order valence-corrected chi connectivity index (χ0v) is 15.8. The van der Waals surface area contributed by atoms with Crippen LogP contribution in [0.15, 0.2) is 47.0 Å². The molecule has 2 aromatic carbocycles. The minimum atomic E-state index is 0.133. The van der Waals surface area contributed by atoms with Crippen LogP contribution in [0, 0.1) is 0 Å². The van der Waals surface area contributed by atoms with Gasteiger partial charge in [-0.25, -0.2) is 0 Å². The minimum Gasteiger partial charge on any atom is -0.376 e. The van der Waals surface area contributed by atoms with Gasteiger partial charge in [-0.05, 0) is 35.2 Å². The SMILES string of the molecule is CC(C)(C)c1ccc(NCc2nc(-c3c(Cl)cccc3Cl)no2)cc1. The van der Waals surface area contributed by atoms with Gasteiger partial charge in [0.25, 0.3) is 0 Å². The van der Waals surface area contributed by atoms with Gasteiger partial charge in [0, 0.05) is 5.69 Å². The van der Waals surface area contributed by atoms with Gasteiger partial charge in [0.05, 0.1) is 22.2 Å². The van der Waals surface area contributed by atoms with E-state index in [1.54, 1.807) is 18.2 Å². The summed E-state index contributed by atoms with van der Waals surface area (Å²) < 4.78 is 5.29. The molecule has 1 heterocycles. The van der Waals surface area contributed by atoms with E-state index in [-0.39, 0.29) is 5.41 Å². The van der Waals surface area contributed by atoms with E-state index in [2.05, 4.69) is 48.4 Å². The lowest BCUT2D eigenvalue weighted by Crippen LogP contribution is -2.10. The molecule has 130 valence electrons. The van der Waals surface area contributed by atoms with Crippen molar-refractivity contribution in [2.75, 3.05) is 5.32 Å². The Morgan fingerprint density at radius 1 is 1.00 bits per heavy atom. The normalized spacial score (nSPS) is 11.6. The third-order valence-electron chi connectivity index (χ3n) is 3.85. The van der Waals surface area contributed by atoms with Crippen molar-refractivity contribution < 1.29 is 4.52 Å². The smallest absolute Gasteiger partial charge is 0.246 e. The molecule has 1 N–H and O–H groups in total. The number of nitrogens with zero attached hydrogens (tertiary/aromatic N) is 2. The lowest BCUT2D eigenvalue weighted by molar-refractivity contribution is 0.384. The maximum Gasteiger partial charge on any atom is 0.246 e. The van der Waals surface area contributed by atoms with E-state index in [1.165, 1.54) is 5.56 Å². The van der Waals surface area contributed by atoms with Crippen LogP contribution >= 0.6 is 23.2 Å². The van der Waals surface area contributed by atoms with E-state index in [1.807, 2.05) is 12.1 Å². The van der Waals surface area contributed by atoms with Crippen molar-refractivity contribution in [1.29, 1.82) is 0 Å². The van der Waals surface area contributed by atoms with Gasteiger partial charge in [-0.2, -0.15) is 4.98 Å². The van der Waals surface area contributed by atoms with Gasteiger partial charge in [-0.15, -0.1) is 0 Å². The summed E-state index contributed by atoms with van der Waals surface area (Å²) in [7, 11) is 0.